The third-order valence-corrected chi connectivity index (χ3v) is 13.7. The highest BCUT2D eigenvalue weighted by molar-refractivity contribution is 6.31. The fraction of sp³-hybridized carbons (Fsp3) is 0.467. The molecule has 1 N–H and O–H groups in total. The second-order valence-electron chi connectivity index (χ2n) is 17.3. The summed E-state index contributed by atoms with van der Waals surface area (Å²) in [6, 6.07) is 20.0. The number of piperazine rings is 1. The Morgan fingerprint density at radius 3 is 2.14 bits per heavy atom. The number of ether oxygens (including phenoxy) is 1. The van der Waals surface area contributed by atoms with Crippen molar-refractivity contribution < 1.29 is 28.7 Å². The average molecular weight is 818 g/mol. The molecule has 6 aliphatic heterocycles. The molecule has 0 saturated carbocycles. The highest BCUT2D eigenvalue weighted by Gasteiger charge is 2.50. The lowest BCUT2D eigenvalue weighted by Crippen LogP contribution is -2.54. The highest BCUT2D eigenvalue weighted by atomic mass is 35.5. The average Bonchev–Trinajstić information content (AvgIpc) is 3.66. The Balaban J connectivity index is 0.736. The minimum absolute atomic E-state index is 0.0829. The molecule has 5 saturated heterocycles. The zero-order valence-corrected chi connectivity index (χ0v) is 34.0. The number of hydrogen-bond acceptors (Lipinski definition) is 10. The molecule has 5 fully saturated rings. The molecule has 14 heteroatoms. The molecule has 0 radical (unpaired) electrons. The van der Waals surface area contributed by atoms with Gasteiger partial charge in [0.05, 0.1) is 21.7 Å². The van der Waals surface area contributed by atoms with E-state index in [4.69, 9.17) is 16.3 Å². The SMILES string of the molecule is CC1(Oc2ccc(C#N)c(Cl)c2)CC2CCC(C1)N2C(=O)c1ccc(N2CCN(CC3CCN(c4ccc5c(c4)C(=O)N(C4CCC(=O)NC4=O)C5=O)CC3)CC2)cc1. The Hall–Kier alpha value is -5.45. The number of carbonyl (C=O) groups excluding carboxylic acids is 5. The van der Waals surface area contributed by atoms with Gasteiger partial charge in [-0.1, -0.05) is 11.6 Å². The number of amides is 5. The summed E-state index contributed by atoms with van der Waals surface area (Å²) in [5, 5.41) is 11.9. The van der Waals surface area contributed by atoms with Crippen LogP contribution in [0.1, 0.15) is 94.9 Å². The molecule has 6 aliphatic rings. The van der Waals surface area contributed by atoms with E-state index in [1.165, 1.54) is 0 Å². The summed E-state index contributed by atoms with van der Waals surface area (Å²) in [5.41, 5.74) is 3.36. The van der Waals surface area contributed by atoms with Crippen molar-refractivity contribution in [2.24, 2.45) is 5.92 Å². The molecular weight excluding hydrogens is 770 g/mol. The number of nitrogens with zero attached hydrogens (tertiary/aromatic N) is 6. The first-order chi connectivity index (χ1) is 28.5. The number of piperidine rings is 3. The van der Waals surface area contributed by atoms with E-state index < -0.39 is 29.4 Å². The number of fused-ring (bicyclic) bond motifs is 3. The van der Waals surface area contributed by atoms with Crippen LogP contribution >= 0.6 is 11.6 Å². The third-order valence-electron chi connectivity index (χ3n) is 13.4. The van der Waals surface area contributed by atoms with Gasteiger partial charge >= 0.3 is 0 Å². The molecule has 306 valence electrons. The summed E-state index contributed by atoms with van der Waals surface area (Å²) in [5.74, 6) is -0.667. The molecule has 2 bridgehead atoms. The van der Waals surface area contributed by atoms with Crippen LogP contribution in [0.4, 0.5) is 11.4 Å². The minimum Gasteiger partial charge on any atom is -0.487 e. The van der Waals surface area contributed by atoms with E-state index in [-0.39, 0.29) is 36.7 Å². The van der Waals surface area contributed by atoms with Gasteiger partial charge in [-0.05, 0) is 99.5 Å². The van der Waals surface area contributed by atoms with Crippen molar-refractivity contribution in [2.75, 3.05) is 55.6 Å². The fourth-order valence-corrected chi connectivity index (χ4v) is 10.6. The maximum atomic E-state index is 13.9. The maximum Gasteiger partial charge on any atom is 0.262 e. The van der Waals surface area contributed by atoms with E-state index in [0.717, 1.165) is 101 Å². The zero-order valence-electron chi connectivity index (χ0n) is 33.2. The van der Waals surface area contributed by atoms with Gasteiger partial charge in [-0.2, -0.15) is 5.26 Å². The van der Waals surface area contributed by atoms with Gasteiger partial charge in [-0.3, -0.25) is 39.1 Å². The first-order valence-corrected chi connectivity index (χ1v) is 21.2. The number of halogens is 1. The Bertz CT molecular complexity index is 2230. The molecule has 3 aromatic rings. The van der Waals surface area contributed by atoms with Crippen LogP contribution in [0, 0.1) is 17.2 Å². The summed E-state index contributed by atoms with van der Waals surface area (Å²) >= 11 is 6.27. The van der Waals surface area contributed by atoms with E-state index in [0.29, 0.717) is 38.9 Å². The summed E-state index contributed by atoms with van der Waals surface area (Å²) in [4.78, 5) is 74.8. The van der Waals surface area contributed by atoms with Gasteiger partial charge in [0.25, 0.3) is 17.7 Å². The van der Waals surface area contributed by atoms with E-state index in [1.54, 1.807) is 30.3 Å². The molecular formula is C45H48ClN7O6. The van der Waals surface area contributed by atoms with Gasteiger partial charge in [0.2, 0.25) is 11.8 Å². The van der Waals surface area contributed by atoms with Crippen LogP contribution in [0.5, 0.6) is 5.75 Å². The van der Waals surface area contributed by atoms with Crippen LogP contribution < -0.4 is 19.9 Å². The Kier molecular flexibility index (Phi) is 10.3. The van der Waals surface area contributed by atoms with Crippen molar-refractivity contribution in [3.8, 4) is 11.8 Å². The highest BCUT2D eigenvalue weighted by Crippen LogP contribution is 2.44. The molecule has 3 atom stereocenters. The van der Waals surface area contributed by atoms with Gasteiger partial charge in [-0.15, -0.1) is 0 Å². The predicted octanol–water partition coefficient (Wildman–Crippen LogP) is 5.26. The minimum atomic E-state index is -0.970. The number of carbonyl (C=O) groups is 5. The number of imide groups is 2. The van der Waals surface area contributed by atoms with E-state index in [9.17, 15) is 29.2 Å². The molecule has 0 aromatic heterocycles. The molecule has 6 heterocycles. The first kappa shape index (κ1) is 39.0. The van der Waals surface area contributed by atoms with Gasteiger partial charge in [-0.25, -0.2) is 0 Å². The summed E-state index contributed by atoms with van der Waals surface area (Å²) in [6.07, 6.45) is 5.68. The molecule has 13 nitrogen and oxygen atoms in total. The normalized spacial score (nSPS) is 26.2. The smallest absolute Gasteiger partial charge is 0.262 e. The molecule has 0 aliphatic carbocycles. The van der Waals surface area contributed by atoms with E-state index >= 15 is 0 Å². The van der Waals surface area contributed by atoms with Crippen LogP contribution in [0.25, 0.3) is 0 Å². The molecule has 3 unspecified atom stereocenters. The fourth-order valence-electron chi connectivity index (χ4n) is 10.3. The van der Waals surface area contributed by atoms with E-state index in [1.807, 2.05) is 18.2 Å². The summed E-state index contributed by atoms with van der Waals surface area (Å²) < 4.78 is 6.45. The molecule has 59 heavy (non-hydrogen) atoms. The summed E-state index contributed by atoms with van der Waals surface area (Å²) in [6.45, 7) is 8.64. The van der Waals surface area contributed by atoms with Gasteiger partial charge in [0.15, 0.2) is 0 Å². The predicted molar refractivity (Wildman–Crippen MR) is 221 cm³/mol. The Morgan fingerprint density at radius 2 is 1.47 bits per heavy atom. The number of nitriles is 1. The van der Waals surface area contributed by atoms with Crippen LogP contribution in [-0.2, 0) is 9.59 Å². The molecule has 3 aromatic carbocycles. The zero-order chi connectivity index (χ0) is 41.0. The topological polar surface area (TPSA) is 147 Å². The van der Waals surface area contributed by atoms with Crippen molar-refractivity contribution in [2.45, 2.75) is 82.0 Å². The van der Waals surface area contributed by atoms with Gasteiger partial charge < -0.3 is 19.4 Å². The Labute approximate surface area is 348 Å². The van der Waals surface area contributed by atoms with Crippen molar-refractivity contribution in [3.63, 3.8) is 0 Å². The lowest BCUT2D eigenvalue weighted by molar-refractivity contribution is -0.136. The second-order valence-corrected chi connectivity index (χ2v) is 17.7. The number of rotatable bonds is 8. The van der Waals surface area contributed by atoms with Gasteiger partial charge in [0, 0.05) is 100 Å². The van der Waals surface area contributed by atoms with Crippen LogP contribution in [0.15, 0.2) is 60.7 Å². The number of anilines is 2. The third kappa shape index (κ3) is 7.53. The van der Waals surface area contributed by atoms with E-state index in [2.05, 4.69) is 50.0 Å². The molecule has 9 rings (SSSR count). The summed E-state index contributed by atoms with van der Waals surface area (Å²) in [7, 11) is 0. The van der Waals surface area contributed by atoms with Crippen molar-refractivity contribution in [1.29, 1.82) is 5.26 Å². The molecule has 5 amide bonds. The number of benzene rings is 3. The monoisotopic (exact) mass is 817 g/mol. The van der Waals surface area contributed by atoms with Crippen LogP contribution in [0.2, 0.25) is 5.02 Å². The van der Waals surface area contributed by atoms with Crippen molar-refractivity contribution in [3.05, 3.63) is 87.9 Å². The second kappa shape index (κ2) is 15.6. The molecule has 0 spiro atoms. The number of hydrogen-bond donors (Lipinski definition) is 1. The maximum absolute atomic E-state index is 13.9. The Morgan fingerprint density at radius 1 is 0.814 bits per heavy atom. The largest absolute Gasteiger partial charge is 0.487 e. The lowest BCUT2D eigenvalue weighted by Gasteiger charge is -2.44. The van der Waals surface area contributed by atoms with Gasteiger partial charge in [0.1, 0.15) is 23.5 Å². The van der Waals surface area contributed by atoms with Crippen LogP contribution in [-0.4, -0.2) is 114 Å². The quantitative estimate of drug-likeness (QED) is 0.299. The van der Waals surface area contributed by atoms with Crippen molar-refractivity contribution >= 4 is 52.5 Å². The van der Waals surface area contributed by atoms with Crippen LogP contribution in [0.3, 0.4) is 0 Å². The number of nitrogens with one attached hydrogen (secondary N) is 1. The lowest BCUT2D eigenvalue weighted by atomic mass is 9.87. The standard InChI is InChI=1S/C45H48ClN7O6/c1-45(59-35-10-4-30(26-47)38(46)23-35)24-33-7-8-34(25-45)52(33)42(56)29-2-5-31(6-3-29)51-20-18-49(19-21-51)27-28-14-16-50(17-15-28)32-9-11-36-37(22-32)44(58)53(43(36)57)39-12-13-40(54)48-41(39)55/h2-6,9-11,22-23,28,33-34,39H,7-8,12-21,24-25,27H2,1H3,(H,48,54,55). The first-order valence-electron chi connectivity index (χ1n) is 20.9. The van der Waals surface area contributed by atoms with Crippen molar-refractivity contribution in [1.82, 2.24) is 20.0 Å².